The third-order valence-electron chi connectivity index (χ3n) is 4.32. The molecule has 2 N–H and O–H groups in total. The van der Waals surface area contributed by atoms with E-state index in [4.69, 9.17) is 11.6 Å². The second-order valence-corrected chi connectivity index (χ2v) is 7.49. The highest BCUT2D eigenvalue weighted by Crippen LogP contribution is 2.39. The Morgan fingerprint density at radius 2 is 1.85 bits per heavy atom. The zero-order valence-corrected chi connectivity index (χ0v) is 15.7. The third kappa shape index (κ3) is 3.14. The smallest absolute Gasteiger partial charge is 0.147 e. The summed E-state index contributed by atoms with van der Waals surface area (Å²) in [5.74, 6) is 0.198. The predicted octanol–water partition coefficient (Wildman–Crippen LogP) is 6.17. The van der Waals surface area contributed by atoms with Crippen LogP contribution in [0.4, 0.5) is 5.69 Å². The van der Waals surface area contributed by atoms with E-state index in [-0.39, 0.29) is 11.8 Å². The number of benzene rings is 2. The molecule has 0 aliphatic carbocycles. The lowest BCUT2D eigenvalue weighted by atomic mass is 10.0. The largest absolute Gasteiger partial charge is 0.505 e. The van der Waals surface area contributed by atoms with Crippen LogP contribution in [0.25, 0.3) is 10.9 Å². The number of para-hydroxylation sites is 1. The third-order valence-corrected chi connectivity index (χ3v) is 5.59. The summed E-state index contributed by atoms with van der Waals surface area (Å²) in [7, 11) is 0. The van der Waals surface area contributed by atoms with Crippen LogP contribution in [0.15, 0.2) is 66.0 Å². The molecule has 26 heavy (non-hydrogen) atoms. The fourth-order valence-corrected chi connectivity index (χ4v) is 3.99. The van der Waals surface area contributed by atoms with Crippen LogP contribution in [-0.2, 0) is 0 Å². The van der Waals surface area contributed by atoms with E-state index >= 15 is 0 Å². The number of hydrogen-bond acceptors (Lipinski definition) is 4. The number of thiophene rings is 1. The van der Waals surface area contributed by atoms with Gasteiger partial charge in [-0.3, -0.25) is 0 Å². The van der Waals surface area contributed by atoms with Crippen molar-refractivity contribution in [3.8, 4) is 5.75 Å². The van der Waals surface area contributed by atoms with Crippen LogP contribution in [0.2, 0.25) is 5.02 Å². The van der Waals surface area contributed by atoms with Crippen LogP contribution in [0.5, 0.6) is 5.75 Å². The molecular formula is C21H17ClN2OS. The Balaban J connectivity index is 1.86. The van der Waals surface area contributed by atoms with Gasteiger partial charge in [0.15, 0.2) is 0 Å². The van der Waals surface area contributed by atoms with Gasteiger partial charge in [-0.2, -0.15) is 0 Å². The van der Waals surface area contributed by atoms with Gasteiger partial charge in [-0.05, 0) is 36.6 Å². The molecule has 5 heteroatoms. The van der Waals surface area contributed by atoms with Gasteiger partial charge in [0.25, 0.3) is 0 Å². The van der Waals surface area contributed by atoms with Crippen molar-refractivity contribution in [2.75, 3.05) is 5.32 Å². The minimum atomic E-state index is -0.221. The monoisotopic (exact) mass is 380 g/mol. The zero-order valence-electron chi connectivity index (χ0n) is 14.1. The van der Waals surface area contributed by atoms with E-state index in [1.807, 2.05) is 73.0 Å². The number of rotatable bonds is 4. The first-order valence-electron chi connectivity index (χ1n) is 8.27. The molecule has 4 rings (SSSR count). The van der Waals surface area contributed by atoms with Crippen molar-refractivity contribution in [1.82, 2.24) is 4.98 Å². The Kier molecular flexibility index (Phi) is 4.53. The van der Waals surface area contributed by atoms with Crippen molar-refractivity contribution in [2.45, 2.75) is 13.0 Å². The molecule has 0 bridgehead atoms. The van der Waals surface area contributed by atoms with Gasteiger partial charge in [0, 0.05) is 21.5 Å². The molecule has 2 heterocycles. The van der Waals surface area contributed by atoms with Gasteiger partial charge in [-0.1, -0.05) is 48.0 Å². The van der Waals surface area contributed by atoms with Crippen LogP contribution in [0.1, 0.15) is 22.2 Å². The van der Waals surface area contributed by atoms with Gasteiger partial charge in [-0.15, -0.1) is 11.3 Å². The lowest BCUT2D eigenvalue weighted by molar-refractivity contribution is 0.472. The number of aromatic hydroxyl groups is 1. The molecule has 2 aromatic carbocycles. The van der Waals surface area contributed by atoms with E-state index in [2.05, 4.69) is 10.3 Å². The number of anilines is 1. The molecule has 0 spiro atoms. The van der Waals surface area contributed by atoms with Crippen molar-refractivity contribution in [2.24, 2.45) is 0 Å². The molecule has 1 atom stereocenters. The van der Waals surface area contributed by atoms with Gasteiger partial charge < -0.3 is 10.4 Å². The second kappa shape index (κ2) is 6.98. The zero-order chi connectivity index (χ0) is 18.1. The molecule has 0 radical (unpaired) electrons. The summed E-state index contributed by atoms with van der Waals surface area (Å²) < 4.78 is 0. The van der Waals surface area contributed by atoms with Crippen molar-refractivity contribution in [3.63, 3.8) is 0 Å². The van der Waals surface area contributed by atoms with E-state index < -0.39 is 0 Å². The normalized spacial score (nSPS) is 12.2. The van der Waals surface area contributed by atoms with E-state index in [1.165, 1.54) is 0 Å². The lowest BCUT2D eigenvalue weighted by Crippen LogP contribution is -2.12. The molecule has 0 aliphatic rings. The van der Waals surface area contributed by atoms with E-state index in [9.17, 15) is 5.11 Å². The fraction of sp³-hybridized carbons (Fsp3) is 0.0952. The number of pyridine rings is 1. The van der Waals surface area contributed by atoms with Crippen LogP contribution < -0.4 is 5.32 Å². The molecule has 0 saturated carbocycles. The number of phenols is 1. The molecule has 0 amide bonds. The SMILES string of the molecule is Cc1ccc2ccc(C(Nc3ccccc3Cl)c3cccs3)c(O)c2n1. The quantitative estimate of drug-likeness (QED) is 0.445. The van der Waals surface area contributed by atoms with Crippen LogP contribution in [-0.4, -0.2) is 10.1 Å². The maximum absolute atomic E-state index is 11.0. The summed E-state index contributed by atoms with van der Waals surface area (Å²) >= 11 is 7.97. The minimum absolute atomic E-state index is 0.198. The summed E-state index contributed by atoms with van der Waals surface area (Å²) in [4.78, 5) is 5.61. The number of nitrogens with zero attached hydrogens (tertiary/aromatic N) is 1. The van der Waals surface area contributed by atoms with Crippen molar-refractivity contribution >= 4 is 39.5 Å². The Morgan fingerprint density at radius 3 is 2.62 bits per heavy atom. The highest BCUT2D eigenvalue weighted by atomic mass is 35.5. The molecular weight excluding hydrogens is 364 g/mol. The Hall–Kier alpha value is -2.56. The highest BCUT2D eigenvalue weighted by Gasteiger charge is 2.21. The number of fused-ring (bicyclic) bond motifs is 1. The van der Waals surface area contributed by atoms with Gasteiger partial charge >= 0.3 is 0 Å². The summed E-state index contributed by atoms with van der Waals surface area (Å²) in [5, 5.41) is 18.0. The van der Waals surface area contributed by atoms with Gasteiger partial charge in [0.05, 0.1) is 16.8 Å². The molecule has 0 fully saturated rings. The van der Waals surface area contributed by atoms with Gasteiger partial charge in [0.2, 0.25) is 0 Å². The molecule has 4 aromatic rings. The topological polar surface area (TPSA) is 45.1 Å². The van der Waals surface area contributed by atoms with Crippen LogP contribution >= 0.6 is 22.9 Å². The van der Waals surface area contributed by atoms with Crippen molar-refractivity contribution in [3.05, 3.63) is 87.2 Å². The maximum atomic E-state index is 11.0. The highest BCUT2D eigenvalue weighted by molar-refractivity contribution is 7.10. The van der Waals surface area contributed by atoms with E-state index in [0.29, 0.717) is 10.5 Å². The van der Waals surface area contributed by atoms with E-state index in [1.54, 1.807) is 11.3 Å². The number of halogens is 1. The Morgan fingerprint density at radius 1 is 1.04 bits per heavy atom. The summed E-state index contributed by atoms with van der Waals surface area (Å²) in [5.41, 5.74) is 3.09. The minimum Gasteiger partial charge on any atom is -0.505 e. The van der Waals surface area contributed by atoms with E-state index in [0.717, 1.165) is 27.2 Å². The number of hydrogen-bond donors (Lipinski definition) is 2. The number of aromatic nitrogens is 1. The van der Waals surface area contributed by atoms with Gasteiger partial charge in [-0.25, -0.2) is 4.98 Å². The standard InChI is InChI=1S/C21H17ClN2OS/c1-13-8-9-14-10-11-15(21(25)19(14)23-13)20(18-7-4-12-26-18)24-17-6-3-2-5-16(17)22/h2-12,20,24-25H,1H3. The van der Waals surface area contributed by atoms with Gasteiger partial charge in [0.1, 0.15) is 11.3 Å². The molecule has 0 saturated heterocycles. The number of aryl methyl sites for hydroxylation is 1. The first-order valence-corrected chi connectivity index (χ1v) is 9.53. The number of nitrogens with one attached hydrogen (secondary N) is 1. The average molecular weight is 381 g/mol. The average Bonchev–Trinajstić information content (AvgIpc) is 3.17. The molecule has 2 aromatic heterocycles. The fourth-order valence-electron chi connectivity index (χ4n) is 3.01. The second-order valence-electron chi connectivity index (χ2n) is 6.10. The molecule has 0 aliphatic heterocycles. The van der Waals surface area contributed by atoms with Crippen LogP contribution in [0.3, 0.4) is 0 Å². The molecule has 1 unspecified atom stereocenters. The Bertz CT molecular complexity index is 1060. The lowest BCUT2D eigenvalue weighted by Gasteiger charge is -2.21. The molecule has 3 nitrogen and oxygen atoms in total. The van der Waals surface area contributed by atoms with Crippen molar-refractivity contribution < 1.29 is 5.11 Å². The predicted molar refractivity (Wildman–Crippen MR) is 109 cm³/mol. The van der Waals surface area contributed by atoms with Crippen molar-refractivity contribution in [1.29, 1.82) is 0 Å². The number of phenolic OH excluding ortho intramolecular Hbond substituents is 1. The Labute approximate surface area is 160 Å². The maximum Gasteiger partial charge on any atom is 0.147 e. The first kappa shape index (κ1) is 16.9. The summed E-state index contributed by atoms with van der Waals surface area (Å²) in [6.07, 6.45) is 0. The first-order chi connectivity index (χ1) is 12.6. The molecule has 130 valence electrons. The summed E-state index contributed by atoms with van der Waals surface area (Å²) in [6, 6.07) is 19.3. The van der Waals surface area contributed by atoms with Crippen LogP contribution in [0, 0.1) is 6.92 Å². The summed E-state index contributed by atoms with van der Waals surface area (Å²) in [6.45, 7) is 1.92.